The monoisotopic (exact) mass is 232 g/mol. The van der Waals surface area contributed by atoms with E-state index in [0.717, 1.165) is 0 Å². The van der Waals surface area contributed by atoms with Gasteiger partial charge in [0, 0.05) is 11.1 Å². The van der Waals surface area contributed by atoms with Crippen molar-refractivity contribution in [3.05, 3.63) is 26.7 Å². The van der Waals surface area contributed by atoms with E-state index < -0.39 is 0 Å². The highest BCUT2D eigenvalue weighted by Crippen LogP contribution is 2.38. The van der Waals surface area contributed by atoms with E-state index >= 15 is 0 Å². The molecule has 0 aliphatic rings. The highest BCUT2D eigenvalue weighted by molar-refractivity contribution is 6.39. The van der Waals surface area contributed by atoms with Gasteiger partial charge >= 0.3 is 0 Å². The predicted octanol–water partition coefficient (Wildman–Crippen LogP) is 2.63. The van der Waals surface area contributed by atoms with Crippen molar-refractivity contribution < 1.29 is 14.7 Å². The molecule has 0 aliphatic heterocycles. The molecule has 5 heteroatoms. The van der Waals surface area contributed by atoms with Gasteiger partial charge in [-0.2, -0.15) is 0 Å². The lowest BCUT2D eigenvalue weighted by Gasteiger charge is -2.09. The van der Waals surface area contributed by atoms with E-state index in [-0.39, 0.29) is 26.9 Å². The first-order chi connectivity index (χ1) is 6.54. The Morgan fingerprint density at radius 1 is 1.07 bits per heavy atom. The Balaban J connectivity index is 3.73. The molecule has 14 heavy (non-hydrogen) atoms. The number of carbonyl (C=O) groups is 2. The van der Waals surface area contributed by atoms with Crippen molar-refractivity contribution in [2.24, 2.45) is 0 Å². The maximum Gasteiger partial charge on any atom is 0.153 e. The summed E-state index contributed by atoms with van der Waals surface area (Å²) in [4.78, 5) is 21.3. The summed E-state index contributed by atoms with van der Waals surface area (Å²) in [6, 6.07) is 0. The number of hydrogen-bond acceptors (Lipinski definition) is 3. The molecule has 0 aromatic heterocycles. The number of phenols is 1. The highest BCUT2D eigenvalue weighted by atomic mass is 35.5. The van der Waals surface area contributed by atoms with Crippen molar-refractivity contribution in [2.75, 3.05) is 0 Å². The fourth-order valence-electron chi connectivity index (χ4n) is 1.11. The Hall–Kier alpha value is -1.06. The molecular weight excluding hydrogens is 227 g/mol. The third-order valence-electron chi connectivity index (χ3n) is 1.91. The predicted molar refractivity (Wildman–Crippen MR) is 53.6 cm³/mol. The minimum atomic E-state index is -0.376. The summed E-state index contributed by atoms with van der Waals surface area (Å²) in [5, 5.41) is 9.17. The van der Waals surface area contributed by atoms with Crippen LogP contribution in [0.25, 0.3) is 0 Å². The average Bonchev–Trinajstić information content (AvgIpc) is 2.20. The summed E-state index contributed by atoms with van der Waals surface area (Å²) < 4.78 is 0. The minimum absolute atomic E-state index is 0.0114. The van der Waals surface area contributed by atoms with E-state index in [9.17, 15) is 14.7 Å². The van der Waals surface area contributed by atoms with Gasteiger partial charge in [-0.1, -0.05) is 23.2 Å². The second-order valence-corrected chi connectivity index (χ2v) is 3.42. The van der Waals surface area contributed by atoms with Gasteiger partial charge in [-0.25, -0.2) is 0 Å². The summed E-state index contributed by atoms with van der Waals surface area (Å²) in [6.45, 7) is 1.52. The van der Waals surface area contributed by atoms with Gasteiger partial charge in [0.05, 0.1) is 10.0 Å². The van der Waals surface area contributed by atoms with Gasteiger partial charge in [-0.3, -0.25) is 9.59 Å². The second-order valence-electron chi connectivity index (χ2n) is 2.66. The molecule has 1 aromatic carbocycles. The number of benzene rings is 1. The maximum atomic E-state index is 10.7. The lowest BCUT2D eigenvalue weighted by molar-refractivity contribution is 0.109. The van der Waals surface area contributed by atoms with Crippen LogP contribution in [-0.4, -0.2) is 17.7 Å². The average molecular weight is 233 g/mol. The molecule has 1 N–H and O–H groups in total. The van der Waals surface area contributed by atoms with Crippen molar-refractivity contribution in [2.45, 2.75) is 6.92 Å². The number of phenolic OH excluding ortho intramolecular Hbond substituents is 1. The summed E-state index contributed by atoms with van der Waals surface area (Å²) in [5.41, 5.74) is 0.402. The molecule has 0 bridgehead atoms. The van der Waals surface area contributed by atoms with Gasteiger partial charge in [-0.05, 0) is 12.5 Å². The molecule has 0 saturated heterocycles. The van der Waals surface area contributed by atoms with Gasteiger partial charge in [0.1, 0.15) is 0 Å². The van der Waals surface area contributed by atoms with Gasteiger partial charge in [0.15, 0.2) is 18.3 Å². The molecule has 0 amide bonds. The number of aromatic hydroxyl groups is 1. The van der Waals surface area contributed by atoms with Crippen LogP contribution in [0.1, 0.15) is 26.3 Å². The molecule has 0 fully saturated rings. The lowest BCUT2D eigenvalue weighted by Crippen LogP contribution is -1.97. The minimum Gasteiger partial charge on any atom is -0.505 e. The number of aldehydes is 2. The van der Waals surface area contributed by atoms with Crippen LogP contribution in [0.4, 0.5) is 0 Å². The summed E-state index contributed by atoms with van der Waals surface area (Å²) in [6.07, 6.45) is 0.894. The third-order valence-corrected chi connectivity index (χ3v) is 2.76. The summed E-state index contributed by atoms with van der Waals surface area (Å²) in [5.74, 6) is -0.376. The highest BCUT2D eigenvalue weighted by Gasteiger charge is 2.18. The molecule has 0 unspecified atom stereocenters. The fourth-order valence-corrected chi connectivity index (χ4v) is 1.59. The molecule has 74 valence electrons. The van der Waals surface area contributed by atoms with Crippen LogP contribution in [0.3, 0.4) is 0 Å². The third kappa shape index (κ3) is 1.49. The first-order valence-electron chi connectivity index (χ1n) is 3.65. The van der Waals surface area contributed by atoms with Gasteiger partial charge < -0.3 is 5.11 Å². The van der Waals surface area contributed by atoms with Crippen LogP contribution in [0.5, 0.6) is 5.75 Å². The first-order valence-corrected chi connectivity index (χ1v) is 4.41. The van der Waals surface area contributed by atoms with E-state index in [1.807, 2.05) is 0 Å². The topological polar surface area (TPSA) is 54.4 Å². The zero-order valence-electron chi connectivity index (χ0n) is 7.17. The van der Waals surface area contributed by atoms with E-state index in [4.69, 9.17) is 23.2 Å². The fraction of sp³-hybridized carbons (Fsp3) is 0.111. The van der Waals surface area contributed by atoms with Crippen molar-refractivity contribution >= 4 is 35.8 Å². The van der Waals surface area contributed by atoms with E-state index in [1.165, 1.54) is 6.92 Å². The standard InChI is InChI=1S/C9H6Cl2O3/c1-4-5(2-12)6(3-13)8(11)9(14)7(4)10/h2-3,14H,1H3. The molecule has 1 rings (SSSR count). The zero-order chi connectivity index (χ0) is 10.9. The largest absolute Gasteiger partial charge is 0.505 e. The van der Waals surface area contributed by atoms with Crippen molar-refractivity contribution in [1.29, 1.82) is 0 Å². The number of halogens is 2. The van der Waals surface area contributed by atoms with Crippen LogP contribution in [-0.2, 0) is 0 Å². The number of carbonyl (C=O) groups excluding carboxylic acids is 2. The smallest absolute Gasteiger partial charge is 0.153 e. The number of hydrogen-bond donors (Lipinski definition) is 1. The Bertz CT molecular complexity index is 374. The lowest BCUT2D eigenvalue weighted by atomic mass is 10.0. The van der Waals surface area contributed by atoms with Crippen LogP contribution in [0.2, 0.25) is 10.0 Å². The summed E-state index contributed by atoms with van der Waals surface area (Å²) in [7, 11) is 0. The molecule has 0 saturated carbocycles. The van der Waals surface area contributed by atoms with Crippen molar-refractivity contribution in [3.8, 4) is 5.75 Å². The Labute approximate surface area is 90.3 Å². The van der Waals surface area contributed by atoms with Crippen LogP contribution >= 0.6 is 23.2 Å². The SMILES string of the molecule is Cc1c(Cl)c(O)c(Cl)c(C=O)c1C=O. The summed E-state index contributed by atoms with van der Waals surface area (Å²) >= 11 is 11.3. The van der Waals surface area contributed by atoms with Crippen molar-refractivity contribution in [1.82, 2.24) is 0 Å². The molecule has 0 atom stereocenters. The Morgan fingerprint density at radius 2 is 1.57 bits per heavy atom. The zero-order valence-corrected chi connectivity index (χ0v) is 8.69. The molecule has 0 heterocycles. The molecule has 0 aliphatic carbocycles. The molecular formula is C9H6Cl2O3. The van der Waals surface area contributed by atoms with Gasteiger partial charge in [0.2, 0.25) is 0 Å². The molecule has 0 radical (unpaired) electrons. The Kier molecular flexibility index (Phi) is 3.13. The van der Waals surface area contributed by atoms with Crippen LogP contribution in [0, 0.1) is 6.92 Å². The second kappa shape index (κ2) is 3.98. The van der Waals surface area contributed by atoms with Crippen LogP contribution < -0.4 is 0 Å². The van der Waals surface area contributed by atoms with E-state index in [2.05, 4.69) is 0 Å². The van der Waals surface area contributed by atoms with E-state index in [1.54, 1.807) is 0 Å². The quantitative estimate of drug-likeness (QED) is 0.798. The van der Waals surface area contributed by atoms with Gasteiger partial charge in [0.25, 0.3) is 0 Å². The van der Waals surface area contributed by atoms with Crippen LogP contribution in [0.15, 0.2) is 0 Å². The molecule has 3 nitrogen and oxygen atoms in total. The maximum absolute atomic E-state index is 10.7. The molecule has 1 aromatic rings. The number of rotatable bonds is 2. The Morgan fingerprint density at radius 3 is 2.00 bits per heavy atom. The van der Waals surface area contributed by atoms with Gasteiger partial charge in [-0.15, -0.1) is 0 Å². The first kappa shape index (κ1) is 11.0. The van der Waals surface area contributed by atoms with E-state index in [0.29, 0.717) is 18.1 Å². The molecule has 0 spiro atoms. The van der Waals surface area contributed by atoms with Crippen molar-refractivity contribution in [3.63, 3.8) is 0 Å². The normalized spacial score (nSPS) is 9.93.